The summed E-state index contributed by atoms with van der Waals surface area (Å²) >= 11 is 0. The molecular formula is C7H9ClN2O2S. The van der Waals surface area contributed by atoms with Gasteiger partial charge in [0.2, 0.25) is 9.05 Å². The molecule has 1 aromatic rings. The van der Waals surface area contributed by atoms with Crippen molar-refractivity contribution < 1.29 is 8.42 Å². The Morgan fingerprint density at radius 1 is 1.46 bits per heavy atom. The fourth-order valence-corrected chi connectivity index (χ4v) is 1.55. The van der Waals surface area contributed by atoms with Gasteiger partial charge in [-0.25, -0.2) is 8.42 Å². The van der Waals surface area contributed by atoms with Gasteiger partial charge in [0, 0.05) is 29.5 Å². The van der Waals surface area contributed by atoms with Crippen molar-refractivity contribution in [3.63, 3.8) is 0 Å². The van der Waals surface area contributed by atoms with E-state index < -0.39 is 9.05 Å². The lowest BCUT2D eigenvalue weighted by Crippen LogP contribution is -2.03. The highest BCUT2D eigenvalue weighted by molar-refractivity contribution is 8.13. The predicted molar refractivity (Wildman–Crippen MR) is 50.1 cm³/mol. The van der Waals surface area contributed by atoms with Crippen molar-refractivity contribution in [3.8, 4) is 0 Å². The second kappa shape index (κ2) is 4.02. The Balaban J connectivity index is 2.65. The van der Waals surface area contributed by atoms with Crippen LogP contribution in [-0.2, 0) is 15.5 Å². The van der Waals surface area contributed by atoms with Gasteiger partial charge in [-0.3, -0.25) is 9.97 Å². The summed E-state index contributed by atoms with van der Waals surface area (Å²) in [5.74, 6) is -0.104. The van der Waals surface area contributed by atoms with Gasteiger partial charge in [0.05, 0.1) is 17.1 Å². The molecule has 0 amide bonds. The maximum atomic E-state index is 10.6. The van der Waals surface area contributed by atoms with Gasteiger partial charge in [-0.15, -0.1) is 0 Å². The second-order valence-corrected chi connectivity index (χ2v) is 5.54. The first kappa shape index (κ1) is 10.4. The van der Waals surface area contributed by atoms with Gasteiger partial charge in [-0.1, -0.05) is 0 Å². The van der Waals surface area contributed by atoms with Gasteiger partial charge in [0.15, 0.2) is 0 Å². The van der Waals surface area contributed by atoms with Crippen molar-refractivity contribution in [2.24, 2.45) is 0 Å². The molecule has 0 bridgehead atoms. The third-order valence-electron chi connectivity index (χ3n) is 1.41. The Morgan fingerprint density at radius 2 is 2.15 bits per heavy atom. The Hall–Kier alpha value is -0.680. The Morgan fingerprint density at radius 3 is 2.69 bits per heavy atom. The molecule has 0 spiro atoms. The van der Waals surface area contributed by atoms with E-state index in [2.05, 4.69) is 9.97 Å². The maximum absolute atomic E-state index is 10.6. The van der Waals surface area contributed by atoms with E-state index in [1.165, 1.54) is 6.20 Å². The minimum Gasteiger partial charge on any atom is -0.261 e. The average Bonchev–Trinajstić information content (AvgIpc) is 2.00. The van der Waals surface area contributed by atoms with Gasteiger partial charge in [0.1, 0.15) is 0 Å². The molecule has 0 aliphatic rings. The minimum absolute atomic E-state index is 0.104. The summed E-state index contributed by atoms with van der Waals surface area (Å²) in [7, 11) is 1.62. The smallest absolute Gasteiger partial charge is 0.232 e. The first-order chi connectivity index (χ1) is 5.97. The molecule has 0 fully saturated rings. The summed E-state index contributed by atoms with van der Waals surface area (Å²) in [6, 6.07) is 0. The van der Waals surface area contributed by atoms with Crippen LogP contribution in [0.4, 0.5) is 0 Å². The van der Waals surface area contributed by atoms with E-state index >= 15 is 0 Å². The number of hydrogen-bond acceptors (Lipinski definition) is 4. The quantitative estimate of drug-likeness (QED) is 0.710. The molecule has 0 aliphatic heterocycles. The molecule has 13 heavy (non-hydrogen) atoms. The average molecular weight is 221 g/mol. The van der Waals surface area contributed by atoms with Crippen molar-refractivity contribution in [2.45, 2.75) is 13.3 Å². The number of halogens is 1. The van der Waals surface area contributed by atoms with Gasteiger partial charge >= 0.3 is 0 Å². The first-order valence-electron chi connectivity index (χ1n) is 3.67. The zero-order chi connectivity index (χ0) is 9.90. The minimum atomic E-state index is -3.43. The zero-order valence-electron chi connectivity index (χ0n) is 7.07. The standard InChI is InChI=1S/C7H9ClN2O2S/c1-6-4-9-5-7(10-6)2-3-13(8,11)12/h4-5H,2-3H2,1H3. The van der Waals surface area contributed by atoms with Crippen molar-refractivity contribution in [3.05, 3.63) is 23.8 Å². The van der Waals surface area contributed by atoms with Gasteiger partial charge in [0.25, 0.3) is 0 Å². The van der Waals surface area contributed by atoms with E-state index in [1.54, 1.807) is 13.1 Å². The highest BCUT2D eigenvalue weighted by Gasteiger charge is 2.06. The van der Waals surface area contributed by atoms with Gasteiger partial charge in [-0.05, 0) is 6.92 Å². The number of aromatic nitrogens is 2. The molecular weight excluding hydrogens is 212 g/mol. The molecule has 4 nitrogen and oxygen atoms in total. The van der Waals surface area contributed by atoms with E-state index in [4.69, 9.17) is 10.7 Å². The normalized spacial score (nSPS) is 11.5. The molecule has 1 aromatic heterocycles. The van der Waals surface area contributed by atoms with Crippen LogP contribution in [0, 0.1) is 6.92 Å². The number of aryl methyl sites for hydroxylation is 2. The van der Waals surface area contributed by atoms with Crippen LogP contribution in [0.2, 0.25) is 0 Å². The van der Waals surface area contributed by atoms with Crippen LogP contribution in [0.1, 0.15) is 11.4 Å². The van der Waals surface area contributed by atoms with Crippen LogP contribution >= 0.6 is 10.7 Å². The molecule has 0 aliphatic carbocycles. The molecule has 72 valence electrons. The molecule has 0 saturated heterocycles. The fourth-order valence-electron chi connectivity index (χ4n) is 0.862. The molecule has 0 N–H and O–H groups in total. The number of hydrogen-bond donors (Lipinski definition) is 0. The van der Waals surface area contributed by atoms with E-state index in [1.807, 2.05) is 0 Å². The summed E-state index contributed by atoms with van der Waals surface area (Å²) in [5, 5.41) is 0. The SMILES string of the molecule is Cc1cncc(CCS(=O)(=O)Cl)n1. The van der Waals surface area contributed by atoms with Crippen molar-refractivity contribution in [2.75, 3.05) is 5.75 Å². The molecule has 0 aromatic carbocycles. The molecule has 0 radical (unpaired) electrons. The second-order valence-electron chi connectivity index (χ2n) is 2.64. The summed E-state index contributed by atoms with van der Waals surface area (Å²) < 4.78 is 21.2. The monoisotopic (exact) mass is 220 g/mol. The van der Waals surface area contributed by atoms with E-state index in [0.29, 0.717) is 12.1 Å². The molecule has 0 atom stereocenters. The Bertz CT molecular complexity index is 391. The van der Waals surface area contributed by atoms with Crippen LogP contribution < -0.4 is 0 Å². The Labute approximate surface area is 81.4 Å². The largest absolute Gasteiger partial charge is 0.261 e. The lowest BCUT2D eigenvalue weighted by molar-refractivity contribution is 0.608. The van der Waals surface area contributed by atoms with Crippen LogP contribution in [-0.4, -0.2) is 24.1 Å². The van der Waals surface area contributed by atoms with E-state index in [-0.39, 0.29) is 5.75 Å². The van der Waals surface area contributed by atoms with Crippen molar-refractivity contribution in [1.82, 2.24) is 9.97 Å². The number of rotatable bonds is 3. The van der Waals surface area contributed by atoms with Crippen LogP contribution in [0.15, 0.2) is 12.4 Å². The zero-order valence-corrected chi connectivity index (χ0v) is 8.64. The lowest BCUT2D eigenvalue weighted by atomic mass is 10.3. The maximum Gasteiger partial charge on any atom is 0.232 e. The summed E-state index contributed by atoms with van der Waals surface area (Å²) in [6.07, 6.45) is 3.45. The summed E-state index contributed by atoms with van der Waals surface area (Å²) in [6.45, 7) is 1.80. The van der Waals surface area contributed by atoms with Crippen LogP contribution in [0.5, 0.6) is 0 Å². The summed E-state index contributed by atoms with van der Waals surface area (Å²) in [4.78, 5) is 7.98. The number of nitrogens with zero attached hydrogens (tertiary/aromatic N) is 2. The lowest BCUT2D eigenvalue weighted by Gasteiger charge is -1.98. The van der Waals surface area contributed by atoms with Crippen LogP contribution in [0.25, 0.3) is 0 Å². The van der Waals surface area contributed by atoms with Gasteiger partial charge in [-0.2, -0.15) is 0 Å². The Kier molecular flexibility index (Phi) is 3.22. The van der Waals surface area contributed by atoms with E-state index in [0.717, 1.165) is 5.69 Å². The summed E-state index contributed by atoms with van der Waals surface area (Å²) in [5.41, 5.74) is 1.41. The highest BCUT2D eigenvalue weighted by atomic mass is 35.7. The molecule has 0 unspecified atom stereocenters. The van der Waals surface area contributed by atoms with Crippen molar-refractivity contribution in [1.29, 1.82) is 0 Å². The topological polar surface area (TPSA) is 59.9 Å². The molecule has 1 rings (SSSR count). The highest BCUT2D eigenvalue weighted by Crippen LogP contribution is 2.02. The molecule has 6 heteroatoms. The van der Waals surface area contributed by atoms with Crippen LogP contribution in [0.3, 0.4) is 0 Å². The molecule has 0 saturated carbocycles. The molecule has 1 heterocycles. The fraction of sp³-hybridized carbons (Fsp3) is 0.429. The third kappa shape index (κ3) is 4.19. The van der Waals surface area contributed by atoms with E-state index in [9.17, 15) is 8.42 Å². The van der Waals surface area contributed by atoms with Gasteiger partial charge < -0.3 is 0 Å². The van der Waals surface area contributed by atoms with Crippen molar-refractivity contribution >= 4 is 19.7 Å². The third-order valence-corrected chi connectivity index (χ3v) is 2.56. The predicted octanol–water partition coefficient (Wildman–Crippen LogP) is 0.896. The first-order valence-corrected chi connectivity index (χ1v) is 6.15.